The van der Waals surface area contributed by atoms with Gasteiger partial charge in [-0.1, -0.05) is 13.8 Å². The minimum absolute atomic E-state index is 0. The Kier molecular flexibility index (Phi) is 8.70. The summed E-state index contributed by atoms with van der Waals surface area (Å²) in [5.41, 5.74) is 0. The average molecular weight is 282 g/mol. The topological polar surface area (TPSA) is 34.4 Å². The van der Waals surface area contributed by atoms with Gasteiger partial charge in [0.05, 0.1) is 13.2 Å². The zero-order chi connectivity index (χ0) is 12.0. The molecule has 0 bridgehead atoms. The van der Waals surface area contributed by atoms with Crippen LogP contribution in [0, 0.1) is 5.92 Å². The van der Waals surface area contributed by atoms with Crippen LogP contribution in [0.4, 0.5) is 0 Å². The predicted molar refractivity (Wildman–Crippen MR) is 72.9 cm³/mol. The number of ether oxygens (including phenoxy) is 1. The molecule has 17 heavy (non-hydrogen) atoms. The second kappa shape index (κ2) is 8.81. The molecule has 1 aromatic rings. The monoisotopic (exact) mass is 281 g/mol. The van der Waals surface area contributed by atoms with Crippen LogP contribution < -0.4 is 5.32 Å². The lowest BCUT2D eigenvalue weighted by Gasteiger charge is -2.14. The highest BCUT2D eigenvalue weighted by atomic mass is 35.5. The quantitative estimate of drug-likeness (QED) is 0.831. The maximum Gasteiger partial charge on any atom is 0.193 e. The molecule has 1 unspecified atom stereocenters. The molecule has 1 atom stereocenters. The summed E-state index contributed by atoms with van der Waals surface area (Å²) in [6.07, 6.45) is 0. The first-order valence-electron chi connectivity index (χ1n) is 5.63. The number of rotatable bonds is 7. The number of hydrogen-bond donors (Lipinski definition) is 1. The van der Waals surface area contributed by atoms with Gasteiger partial charge in [-0.2, -0.15) is 0 Å². The van der Waals surface area contributed by atoms with Gasteiger partial charge < -0.3 is 14.5 Å². The van der Waals surface area contributed by atoms with Crippen molar-refractivity contribution in [1.82, 2.24) is 5.32 Å². The molecule has 1 heterocycles. The van der Waals surface area contributed by atoms with Gasteiger partial charge in [0.2, 0.25) is 0 Å². The van der Waals surface area contributed by atoms with Gasteiger partial charge in [-0.05, 0) is 36.6 Å². The predicted octanol–water partition coefficient (Wildman–Crippen LogP) is 3.51. The van der Waals surface area contributed by atoms with Gasteiger partial charge >= 0.3 is 0 Å². The summed E-state index contributed by atoms with van der Waals surface area (Å²) in [5.74, 6) is 1.43. The van der Waals surface area contributed by atoms with Crippen LogP contribution in [-0.4, -0.2) is 19.3 Å². The molecule has 3 nitrogen and oxygen atoms in total. The maximum atomic E-state index is 5.68. The van der Waals surface area contributed by atoms with Crippen molar-refractivity contribution in [3.05, 3.63) is 23.1 Å². The Bertz CT molecular complexity index is 302. The first-order valence-corrected chi connectivity index (χ1v) is 6.01. The molecule has 0 saturated heterocycles. The molecule has 1 rings (SSSR count). The number of nitrogens with one attached hydrogen (secondary N) is 1. The van der Waals surface area contributed by atoms with Crippen molar-refractivity contribution in [2.24, 2.45) is 5.92 Å². The summed E-state index contributed by atoms with van der Waals surface area (Å²) in [5, 5.41) is 3.74. The summed E-state index contributed by atoms with van der Waals surface area (Å²) in [7, 11) is 0. The molecule has 1 N–H and O–H groups in total. The molecule has 0 aliphatic carbocycles. The summed E-state index contributed by atoms with van der Waals surface area (Å²) in [4.78, 5) is 0. The van der Waals surface area contributed by atoms with Crippen molar-refractivity contribution in [1.29, 1.82) is 0 Å². The fourth-order valence-corrected chi connectivity index (χ4v) is 1.42. The summed E-state index contributed by atoms with van der Waals surface area (Å²) in [6.45, 7) is 8.57. The van der Waals surface area contributed by atoms with Crippen LogP contribution >= 0.6 is 24.0 Å². The van der Waals surface area contributed by atoms with E-state index in [-0.39, 0.29) is 12.4 Å². The Morgan fingerprint density at radius 1 is 1.29 bits per heavy atom. The fourth-order valence-electron chi connectivity index (χ4n) is 1.26. The highest BCUT2D eigenvalue weighted by Crippen LogP contribution is 2.12. The molecular formula is C12H21Cl2NO2. The lowest BCUT2D eigenvalue weighted by Crippen LogP contribution is -2.30. The first-order chi connectivity index (χ1) is 7.58. The Hall–Kier alpha value is -0.220. The van der Waals surface area contributed by atoms with Crippen LogP contribution in [-0.2, 0) is 11.3 Å². The molecule has 0 aromatic carbocycles. The van der Waals surface area contributed by atoms with E-state index in [9.17, 15) is 0 Å². The van der Waals surface area contributed by atoms with E-state index in [0.29, 0.717) is 30.3 Å². The van der Waals surface area contributed by atoms with E-state index in [1.807, 2.05) is 6.07 Å². The zero-order valence-electron chi connectivity index (χ0n) is 10.5. The van der Waals surface area contributed by atoms with E-state index in [2.05, 4.69) is 26.1 Å². The maximum absolute atomic E-state index is 5.68. The molecule has 5 heteroatoms. The number of hydrogen-bond acceptors (Lipinski definition) is 3. The van der Waals surface area contributed by atoms with Crippen LogP contribution in [0.3, 0.4) is 0 Å². The van der Waals surface area contributed by atoms with E-state index in [0.717, 1.165) is 12.4 Å². The molecule has 100 valence electrons. The van der Waals surface area contributed by atoms with E-state index in [1.165, 1.54) is 0 Å². The van der Waals surface area contributed by atoms with E-state index in [1.54, 1.807) is 6.07 Å². The van der Waals surface area contributed by atoms with E-state index < -0.39 is 0 Å². The van der Waals surface area contributed by atoms with E-state index >= 15 is 0 Å². The Balaban J connectivity index is 0.00000256. The standard InChI is InChI=1S/C12H20ClNO2.ClH/c1-9(2)7-15-8-10(3)14-6-11-4-5-12(13)16-11;/h4-5,9-10,14H,6-8H2,1-3H3;1H. The zero-order valence-corrected chi connectivity index (χ0v) is 12.1. The van der Waals surface area contributed by atoms with E-state index in [4.69, 9.17) is 20.8 Å². The fraction of sp³-hybridized carbons (Fsp3) is 0.667. The summed E-state index contributed by atoms with van der Waals surface area (Å²) < 4.78 is 10.8. The average Bonchev–Trinajstić information content (AvgIpc) is 2.61. The van der Waals surface area contributed by atoms with Crippen molar-refractivity contribution in [3.63, 3.8) is 0 Å². The van der Waals surface area contributed by atoms with Gasteiger partial charge in [0, 0.05) is 12.6 Å². The molecule has 0 radical (unpaired) electrons. The van der Waals surface area contributed by atoms with Gasteiger partial charge in [-0.15, -0.1) is 12.4 Å². The summed E-state index contributed by atoms with van der Waals surface area (Å²) in [6, 6.07) is 3.93. The van der Waals surface area contributed by atoms with Crippen molar-refractivity contribution in [2.45, 2.75) is 33.4 Å². The molecule has 0 fully saturated rings. The third-order valence-corrected chi connectivity index (χ3v) is 2.28. The normalized spacial score (nSPS) is 12.5. The first kappa shape index (κ1) is 16.8. The largest absolute Gasteiger partial charge is 0.448 e. The second-order valence-electron chi connectivity index (χ2n) is 4.42. The number of halogens is 2. The van der Waals surface area contributed by atoms with Crippen molar-refractivity contribution >= 4 is 24.0 Å². The smallest absolute Gasteiger partial charge is 0.193 e. The Labute approximate surface area is 114 Å². The van der Waals surface area contributed by atoms with Crippen LogP contribution in [0.15, 0.2) is 16.5 Å². The highest BCUT2D eigenvalue weighted by Gasteiger charge is 2.04. The van der Waals surface area contributed by atoms with Crippen LogP contribution in [0.5, 0.6) is 0 Å². The molecule has 1 aromatic heterocycles. The van der Waals surface area contributed by atoms with Gasteiger partial charge in [-0.3, -0.25) is 0 Å². The minimum atomic E-state index is 0. The van der Waals surface area contributed by atoms with Gasteiger partial charge in [0.1, 0.15) is 5.76 Å². The van der Waals surface area contributed by atoms with Crippen LogP contribution in [0.1, 0.15) is 26.5 Å². The second-order valence-corrected chi connectivity index (χ2v) is 4.79. The van der Waals surface area contributed by atoms with Gasteiger partial charge in [-0.25, -0.2) is 0 Å². The molecule has 0 aliphatic heterocycles. The molecule has 0 spiro atoms. The Morgan fingerprint density at radius 2 is 2.00 bits per heavy atom. The van der Waals surface area contributed by atoms with Crippen molar-refractivity contribution in [2.75, 3.05) is 13.2 Å². The molecule has 0 saturated carbocycles. The molecular weight excluding hydrogens is 261 g/mol. The van der Waals surface area contributed by atoms with Crippen LogP contribution in [0.25, 0.3) is 0 Å². The lowest BCUT2D eigenvalue weighted by molar-refractivity contribution is 0.0931. The Morgan fingerprint density at radius 3 is 2.53 bits per heavy atom. The lowest BCUT2D eigenvalue weighted by atomic mass is 10.2. The number of furan rings is 1. The minimum Gasteiger partial charge on any atom is -0.448 e. The van der Waals surface area contributed by atoms with Gasteiger partial charge in [0.15, 0.2) is 5.22 Å². The van der Waals surface area contributed by atoms with Gasteiger partial charge in [0.25, 0.3) is 0 Å². The SMILES string of the molecule is CC(C)COCC(C)NCc1ccc(Cl)o1.Cl. The highest BCUT2D eigenvalue weighted by molar-refractivity contribution is 6.28. The van der Waals surface area contributed by atoms with Crippen LogP contribution in [0.2, 0.25) is 5.22 Å². The van der Waals surface area contributed by atoms with Crippen molar-refractivity contribution in [3.8, 4) is 0 Å². The molecule has 0 aliphatic rings. The molecule has 0 amide bonds. The van der Waals surface area contributed by atoms with Crippen molar-refractivity contribution < 1.29 is 9.15 Å². The third kappa shape index (κ3) is 7.66. The summed E-state index contributed by atoms with van der Waals surface area (Å²) >= 11 is 5.68. The third-order valence-electron chi connectivity index (χ3n) is 2.07.